The molecule has 0 spiro atoms. The van der Waals surface area contributed by atoms with Crippen molar-refractivity contribution in [3.63, 3.8) is 0 Å². The van der Waals surface area contributed by atoms with Crippen molar-refractivity contribution >= 4 is 30.7 Å². The van der Waals surface area contributed by atoms with Crippen LogP contribution in [0.3, 0.4) is 0 Å². The van der Waals surface area contributed by atoms with Gasteiger partial charge in [0, 0.05) is 30.7 Å². The molecule has 0 heterocycles. The topological polar surface area (TPSA) is 44.4 Å². The van der Waals surface area contributed by atoms with Crippen LogP contribution in [0.15, 0.2) is 24.3 Å². The van der Waals surface area contributed by atoms with Crippen LogP contribution in [0.4, 0.5) is 0 Å². The number of nitrogens with zero attached hydrogens (tertiary/aromatic N) is 1. The third-order valence-corrected chi connectivity index (χ3v) is 3.86. The Kier molecular flexibility index (Phi) is 14.3. The molecule has 1 atom stereocenters. The van der Waals surface area contributed by atoms with Gasteiger partial charge in [-0.05, 0) is 51.6 Å². The maximum atomic E-state index is 12.1. The smallest absolute Gasteiger partial charge is 0.251 e. The molecule has 2 N–H and O–H groups in total. The summed E-state index contributed by atoms with van der Waals surface area (Å²) in [5.41, 5.74) is 1.97. The summed E-state index contributed by atoms with van der Waals surface area (Å²) < 4.78 is 0. The molecule has 0 saturated carbocycles. The predicted molar refractivity (Wildman–Crippen MR) is 108 cm³/mol. The Morgan fingerprint density at radius 1 is 1.08 bits per heavy atom. The maximum absolute atomic E-state index is 12.1. The summed E-state index contributed by atoms with van der Waals surface area (Å²) in [6.07, 6.45) is 0. The second kappa shape index (κ2) is 13.5. The van der Waals surface area contributed by atoms with Gasteiger partial charge in [0.1, 0.15) is 0 Å². The van der Waals surface area contributed by atoms with E-state index in [4.69, 9.17) is 0 Å². The minimum atomic E-state index is -0.00693. The van der Waals surface area contributed by atoms with Crippen molar-refractivity contribution in [1.82, 2.24) is 15.5 Å². The number of hydrogen-bond acceptors (Lipinski definition) is 3. The first-order chi connectivity index (χ1) is 10.5. The highest BCUT2D eigenvalue weighted by Gasteiger charge is 2.10. The van der Waals surface area contributed by atoms with Crippen LogP contribution in [-0.4, -0.2) is 42.5 Å². The van der Waals surface area contributed by atoms with E-state index in [-0.39, 0.29) is 36.8 Å². The molecule has 1 aromatic carbocycles. The van der Waals surface area contributed by atoms with Gasteiger partial charge in [0.2, 0.25) is 0 Å². The van der Waals surface area contributed by atoms with Gasteiger partial charge in [0.15, 0.2) is 0 Å². The molecule has 0 unspecified atom stereocenters. The van der Waals surface area contributed by atoms with Crippen LogP contribution in [0, 0.1) is 0 Å². The van der Waals surface area contributed by atoms with Crippen LogP contribution >= 0.6 is 24.8 Å². The van der Waals surface area contributed by atoms with Crippen molar-refractivity contribution in [2.24, 2.45) is 0 Å². The molecule has 0 aliphatic carbocycles. The third-order valence-electron chi connectivity index (χ3n) is 3.86. The number of hydrogen-bond donors (Lipinski definition) is 2. The average Bonchev–Trinajstić information content (AvgIpc) is 2.50. The average molecular weight is 378 g/mol. The van der Waals surface area contributed by atoms with Crippen molar-refractivity contribution in [2.75, 3.05) is 19.6 Å². The van der Waals surface area contributed by atoms with Crippen molar-refractivity contribution in [3.05, 3.63) is 35.4 Å². The lowest BCUT2D eigenvalue weighted by molar-refractivity contribution is 0.0950. The number of nitrogens with one attached hydrogen (secondary N) is 2. The Hall–Kier alpha value is -0.810. The van der Waals surface area contributed by atoms with Crippen LogP contribution < -0.4 is 10.6 Å². The molecule has 0 saturated heterocycles. The minimum absolute atomic E-state index is 0. The van der Waals surface area contributed by atoms with E-state index in [0.29, 0.717) is 12.6 Å². The molecule has 0 aliphatic rings. The molecule has 0 aromatic heterocycles. The monoisotopic (exact) mass is 377 g/mol. The van der Waals surface area contributed by atoms with Gasteiger partial charge in [-0.15, -0.1) is 24.8 Å². The van der Waals surface area contributed by atoms with E-state index >= 15 is 0 Å². The first kappa shape index (κ1) is 25.4. The van der Waals surface area contributed by atoms with Crippen molar-refractivity contribution in [3.8, 4) is 0 Å². The fourth-order valence-electron chi connectivity index (χ4n) is 2.42. The summed E-state index contributed by atoms with van der Waals surface area (Å²) in [5, 5.41) is 6.24. The van der Waals surface area contributed by atoms with Gasteiger partial charge in [-0.25, -0.2) is 0 Å². The van der Waals surface area contributed by atoms with Crippen molar-refractivity contribution in [1.29, 1.82) is 0 Å². The fraction of sp³-hybridized carbons (Fsp3) is 0.611. The number of carbonyl (C=O) groups excluding carboxylic acids is 1. The lowest BCUT2D eigenvalue weighted by Crippen LogP contribution is -2.38. The highest BCUT2D eigenvalue weighted by molar-refractivity contribution is 5.94. The third kappa shape index (κ3) is 8.88. The van der Waals surface area contributed by atoms with Gasteiger partial charge in [-0.2, -0.15) is 0 Å². The van der Waals surface area contributed by atoms with Crippen molar-refractivity contribution in [2.45, 2.75) is 53.2 Å². The molecule has 0 bridgehead atoms. The van der Waals surface area contributed by atoms with Gasteiger partial charge in [-0.3, -0.25) is 9.69 Å². The highest BCUT2D eigenvalue weighted by Crippen LogP contribution is 2.10. The van der Waals surface area contributed by atoms with Gasteiger partial charge >= 0.3 is 0 Å². The Morgan fingerprint density at radius 2 is 1.67 bits per heavy atom. The van der Waals surface area contributed by atoms with E-state index in [1.165, 1.54) is 5.56 Å². The van der Waals surface area contributed by atoms with Crippen LogP contribution in [0.25, 0.3) is 0 Å². The van der Waals surface area contributed by atoms with E-state index in [2.05, 4.69) is 50.2 Å². The zero-order chi connectivity index (χ0) is 16.5. The normalized spacial score (nSPS) is 11.6. The lowest BCUT2D eigenvalue weighted by atomic mass is 10.1. The molecule has 0 radical (unpaired) electrons. The number of rotatable bonds is 9. The molecule has 6 heteroatoms. The van der Waals surface area contributed by atoms with E-state index in [1.807, 2.05) is 24.3 Å². The van der Waals surface area contributed by atoms with Gasteiger partial charge in [-0.1, -0.05) is 26.0 Å². The predicted octanol–water partition coefficient (Wildman–Crippen LogP) is 3.49. The Balaban J connectivity index is 0. The Bertz CT molecular complexity index is 452. The zero-order valence-corrected chi connectivity index (χ0v) is 17.1. The molecule has 1 aromatic rings. The summed E-state index contributed by atoms with van der Waals surface area (Å²) in [5.74, 6) is -0.00693. The number of likely N-dealkylation sites (N-methyl/N-ethyl adjacent to an activating group) is 1. The first-order valence-corrected chi connectivity index (χ1v) is 8.32. The molecular weight excluding hydrogens is 345 g/mol. The molecule has 140 valence electrons. The fourth-order valence-corrected chi connectivity index (χ4v) is 2.42. The Labute approximate surface area is 159 Å². The number of benzene rings is 1. The molecule has 4 nitrogen and oxygen atoms in total. The number of halogens is 2. The standard InChI is InChI=1S/C18H31N3O.2ClH/c1-6-19-15(5)12-20-18(22)17-10-8-16(9-11-17)13-21(7-2)14(3)4;;/h8-11,14-15,19H,6-7,12-13H2,1-5H3,(H,20,22);2*1H/t15-;;/m1../s1. The van der Waals surface area contributed by atoms with E-state index in [9.17, 15) is 4.79 Å². The van der Waals surface area contributed by atoms with Gasteiger partial charge < -0.3 is 10.6 Å². The minimum Gasteiger partial charge on any atom is -0.350 e. The summed E-state index contributed by atoms with van der Waals surface area (Å²) in [4.78, 5) is 14.5. The quantitative estimate of drug-likeness (QED) is 0.692. The SMILES string of the molecule is CCN[C@H](C)CNC(=O)c1ccc(CN(CC)C(C)C)cc1.Cl.Cl. The summed E-state index contributed by atoms with van der Waals surface area (Å²) in [7, 11) is 0. The van der Waals surface area contributed by atoms with Crippen LogP contribution in [-0.2, 0) is 6.54 Å². The molecule has 24 heavy (non-hydrogen) atoms. The maximum Gasteiger partial charge on any atom is 0.251 e. The van der Waals surface area contributed by atoms with Gasteiger partial charge in [0.25, 0.3) is 5.91 Å². The molecule has 1 amide bonds. The summed E-state index contributed by atoms with van der Waals surface area (Å²) in [6, 6.07) is 8.74. The van der Waals surface area contributed by atoms with Gasteiger partial charge in [0.05, 0.1) is 0 Å². The zero-order valence-electron chi connectivity index (χ0n) is 15.5. The van der Waals surface area contributed by atoms with Crippen LogP contribution in [0.1, 0.15) is 50.5 Å². The number of amides is 1. The van der Waals surface area contributed by atoms with Crippen LogP contribution in [0.2, 0.25) is 0 Å². The summed E-state index contributed by atoms with van der Waals surface area (Å²) in [6.45, 7) is 14.2. The molecule has 0 fully saturated rings. The lowest BCUT2D eigenvalue weighted by Gasteiger charge is -2.24. The van der Waals surface area contributed by atoms with E-state index in [0.717, 1.165) is 25.2 Å². The van der Waals surface area contributed by atoms with Crippen molar-refractivity contribution < 1.29 is 4.79 Å². The van der Waals surface area contributed by atoms with Crippen LogP contribution in [0.5, 0.6) is 0 Å². The molecule has 1 rings (SSSR count). The second-order valence-electron chi connectivity index (χ2n) is 6.02. The van der Waals surface area contributed by atoms with E-state index < -0.39 is 0 Å². The number of carbonyl (C=O) groups is 1. The Morgan fingerprint density at radius 3 is 2.12 bits per heavy atom. The molecule has 0 aliphatic heterocycles. The summed E-state index contributed by atoms with van der Waals surface area (Å²) >= 11 is 0. The second-order valence-corrected chi connectivity index (χ2v) is 6.02. The van der Waals surface area contributed by atoms with E-state index in [1.54, 1.807) is 0 Å². The highest BCUT2D eigenvalue weighted by atomic mass is 35.5. The first-order valence-electron chi connectivity index (χ1n) is 8.32. The largest absolute Gasteiger partial charge is 0.350 e. The molecular formula is C18H33Cl2N3O.